The van der Waals surface area contributed by atoms with Crippen LogP contribution in [0.4, 0.5) is 0 Å². The highest BCUT2D eigenvalue weighted by Crippen LogP contribution is 2.14. The molecule has 0 aromatic rings. The fourth-order valence-corrected chi connectivity index (χ4v) is 2.23. The first-order chi connectivity index (χ1) is 4.46. The summed E-state index contributed by atoms with van der Waals surface area (Å²) in [5, 5.41) is 0. The quantitative estimate of drug-likeness (QED) is 0.574. The topological polar surface area (TPSA) is 3.24 Å². The second-order valence-corrected chi connectivity index (χ2v) is 4.34. The highest BCUT2D eigenvalue weighted by Gasteiger charge is 2.15. The van der Waals surface area contributed by atoms with Gasteiger partial charge >= 0.3 is 0 Å². The molecule has 0 saturated carbocycles. The van der Waals surface area contributed by atoms with Crippen LogP contribution in [-0.2, 0) is 0 Å². The molecule has 0 amide bonds. The van der Waals surface area contributed by atoms with Crippen LogP contribution in [-0.4, -0.2) is 22.8 Å². The third kappa shape index (κ3) is 2.98. The van der Waals surface area contributed by atoms with Gasteiger partial charge < -0.3 is 0 Å². The van der Waals surface area contributed by atoms with Gasteiger partial charge in [0, 0.05) is 17.9 Å². The maximum absolute atomic E-state index is 2.84. The van der Waals surface area contributed by atoms with Gasteiger partial charge in [-0.2, -0.15) is 0 Å². The Labute approximate surface area is 67.4 Å². The van der Waals surface area contributed by atoms with Crippen LogP contribution in [0, 0.1) is 0 Å². The molecule has 10 heavy (non-hydrogen) atoms. The van der Waals surface area contributed by atoms with Crippen LogP contribution in [0.2, 0.25) is 0 Å². The van der Waals surface area contributed by atoms with Crippen LogP contribution < -0.4 is 0 Å². The Morgan fingerprint density at radius 1 is 0.900 bits per heavy atom. The van der Waals surface area contributed by atoms with E-state index in [9.17, 15) is 0 Å². The fourth-order valence-electron chi connectivity index (χ4n) is 1.54. The minimum Gasteiger partial charge on any atom is -0.293 e. The van der Waals surface area contributed by atoms with Crippen molar-refractivity contribution in [2.45, 2.75) is 52.5 Å². The zero-order valence-corrected chi connectivity index (χ0v) is 8.91. The summed E-state index contributed by atoms with van der Waals surface area (Å²) in [5.74, 6) is 0.583. The van der Waals surface area contributed by atoms with Crippen molar-refractivity contribution in [2.75, 3.05) is 0 Å². The van der Waals surface area contributed by atoms with E-state index in [1.165, 1.54) is 0 Å². The Hall–Kier alpha value is 0.390. The van der Waals surface area contributed by atoms with Gasteiger partial charge in [0.25, 0.3) is 0 Å². The molecule has 0 radical (unpaired) electrons. The van der Waals surface area contributed by atoms with E-state index < -0.39 is 0 Å². The second-order valence-electron chi connectivity index (χ2n) is 3.38. The lowest BCUT2D eigenvalue weighted by Crippen LogP contribution is -2.40. The van der Waals surface area contributed by atoms with Crippen LogP contribution in [0.5, 0.6) is 0 Å². The molecule has 0 spiro atoms. The first-order valence-corrected chi connectivity index (χ1v) is 4.66. The molecular formula is C8H20NP. The van der Waals surface area contributed by atoms with E-state index in [1.807, 2.05) is 0 Å². The van der Waals surface area contributed by atoms with E-state index in [0.717, 1.165) is 0 Å². The second kappa shape index (κ2) is 4.31. The van der Waals surface area contributed by atoms with Gasteiger partial charge in [-0.15, -0.1) is 9.24 Å². The normalized spacial score (nSPS) is 15.3. The molecule has 0 rings (SSSR count). The van der Waals surface area contributed by atoms with Crippen molar-refractivity contribution in [1.82, 2.24) is 4.90 Å². The molecule has 2 heteroatoms. The van der Waals surface area contributed by atoms with Crippen molar-refractivity contribution >= 4 is 9.24 Å². The van der Waals surface area contributed by atoms with Crippen LogP contribution >= 0.6 is 9.24 Å². The molecular weight excluding hydrogens is 141 g/mol. The Morgan fingerprint density at radius 2 is 1.20 bits per heavy atom. The van der Waals surface area contributed by atoms with Crippen LogP contribution in [0.1, 0.15) is 34.6 Å². The Morgan fingerprint density at radius 3 is 1.20 bits per heavy atom. The zero-order chi connectivity index (χ0) is 8.31. The molecule has 1 nitrogen and oxygen atoms in total. The lowest BCUT2D eigenvalue weighted by Gasteiger charge is -2.33. The van der Waals surface area contributed by atoms with Gasteiger partial charge in [0.1, 0.15) is 0 Å². The predicted molar refractivity (Wildman–Crippen MR) is 51.3 cm³/mol. The molecule has 0 aliphatic carbocycles. The predicted octanol–water partition coefficient (Wildman–Crippen LogP) is 2.33. The van der Waals surface area contributed by atoms with E-state index in [-0.39, 0.29) is 0 Å². The number of nitrogens with zero attached hydrogens (tertiary/aromatic N) is 1. The molecule has 0 saturated heterocycles. The summed E-state index contributed by atoms with van der Waals surface area (Å²) in [7, 11) is 2.84. The fraction of sp³-hybridized carbons (Fsp3) is 1.00. The third-order valence-electron chi connectivity index (χ3n) is 1.66. The van der Waals surface area contributed by atoms with Crippen molar-refractivity contribution < 1.29 is 0 Å². The summed E-state index contributed by atoms with van der Waals surface area (Å²) in [6.07, 6.45) is 0. The van der Waals surface area contributed by atoms with E-state index in [0.29, 0.717) is 17.9 Å². The molecule has 0 aromatic carbocycles. The van der Waals surface area contributed by atoms with Crippen LogP contribution in [0.25, 0.3) is 0 Å². The highest BCUT2D eigenvalue weighted by atomic mass is 31.0. The smallest absolute Gasteiger partial charge is 0.0216 e. The Kier molecular flexibility index (Phi) is 4.47. The Bertz CT molecular complexity index is 70.2. The van der Waals surface area contributed by atoms with E-state index >= 15 is 0 Å². The standard InChI is InChI=1S/C8H20NP/c1-6(2)9(7(3)4)8(5)10/h6-8H,10H2,1-5H3. The van der Waals surface area contributed by atoms with Crippen molar-refractivity contribution in [1.29, 1.82) is 0 Å². The van der Waals surface area contributed by atoms with E-state index in [2.05, 4.69) is 48.8 Å². The zero-order valence-electron chi connectivity index (χ0n) is 7.76. The summed E-state index contributed by atoms with van der Waals surface area (Å²) < 4.78 is 0. The van der Waals surface area contributed by atoms with Gasteiger partial charge in [-0.25, -0.2) is 0 Å². The SMILES string of the molecule is CC(C)N(C(C)C)C(C)P. The molecule has 2 atom stereocenters. The van der Waals surface area contributed by atoms with Gasteiger partial charge in [-0.1, -0.05) is 0 Å². The maximum atomic E-state index is 2.84. The van der Waals surface area contributed by atoms with Gasteiger partial charge in [0.2, 0.25) is 0 Å². The molecule has 2 unspecified atom stereocenters. The monoisotopic (exact) mass is 161 g/mol. The highest BCUT2D eigenvalue weighted by molar-refractivity contribution is 7.17. The lowest BCUT2D eigenvalue weighted by molar-refractivity contribution is 0.167. The first kappa shape index (κ1) is 10.4. The van der Waals surface area contributed by atoms with E-state index in [1.54, 1.807) is 0 Å². The van der Waals surface area contributed by atoms with Crippen LogP contribution in [0.3, 0.4) is 0 Å². The molecule has 0 aliphatic rings. The minimum atomic E-state index is 0.583. The van der Waals surface area contributed by atoms with Crippen molar-refractivity contribution in [2.24, 2.45) is 0 Å². The average molecular weight is 161 g/mol. The number of hydrogen-bond acceptors (Lipinski definition) is 1. The molecule has 0 fully saturated rings. The minimum absolute atomic E-state index is 0.583. The number of hydrogen-bond donors (Lipinski definition) is 0. The van der Waals surface area contributed by atoms with Gasteiger partial charge in [0.05, 0.1) is 0 Å². The molecule has 0 aliphatic heterocycles. The van der Waals surface area contributed by atoms with Crippen LogP contribution in [0.15, 0.2) is 0 Å². The number of rotatable bonds is 3. The van der Waals surface area contributed by atoms with Crippen molar-refractivity contribution in [3.8, 4) is 0 Å². The molecule has 0 N–H and O–H groups in total. The maximum Gasteiger partial charge on any atom is 0.0216 e. The molecule has 62 valence electrons. The van der Waals surface area contributed by atoms with Gasteiger partial charge in [0.15, 0.2) is 0 Å². The van der Waals surface area contributed by atoms with E-state index in [4.69, 9.17) is 0 Å². The summed E-state index contributed by atoms with van der Waals surface area (Å²) in [5.41, 5.74) is 0. The van der Waals surface area contributed by atoms with Crippen molar-refractivity contribution in [3.05, 3.63) is 0 Å². The Balaban J connectivity index is 3.98. The van der Waals surface area contributed by atoms with Gasteiger partial charge in [-0.3, -0.25) is 4.90 Å². The lowest BCUT2D eigenvalue weighted by atomic mass is 10.2. The van der Waals surface area contributed by atoms with Crippen molar-refractivity contribution in [3.63, 3.8) is 0 Å². The van der Waals surface area contributed by atoms with Gasteiger partial charge in [-0.05, 0) is 34.6 Å². The summed E-state index contributed by atoms with van der Waals surface area (Å²) in [6.45, 7) is 11.2. The molecule has 0 heterocycles. The average Bonchev–Trinajstić information content (AvgIpc) is 1.59. The first-order valence-electron chi connectivity index (χ1n) is 3.99. The summed E-state index contributed by atoms with van der Waals surface area (Å²) in [6, 6.07) is 1.29. The molecule has 0 aromatic heterocycles. The summed E-state index contributed by atoms with van der Waals surface area (Å²) >= 11 is 0. The third-order valence-corrected chi connectivity index (χ3v) is 2.01. The largest absolute Gasteiger partial charge is 0.293 e. The summed E-state index contributed by atoms with van der Waals surface area (Å²) in [4.78, 5) is 2.46. The molecule has 0 bridgehead atoms.